The minimum absolute atomic E-state index is 0.163. The Balaban J connectivity index is 1.88. The number of hydrogen-bond donors (Lipinski definition) is 1. The number of halogens is 2. The van der Waals surface area contributed by atoms with E-state index >= 15 is 0 Å². The van der Waals surface area contributed by atoms with Gasteiger partial charge in [0.1, 0.15) is 5.82 Å². The fraction of sp³-hybridized carbons (Fsp3) is 0.667. The average Bonchev–Trinajstić information content (AvgIpc) is 2.65. The van der Waals surface area contributed by atoms with Crippen LogP contribution in [0, 0.1) is 17.2 Å². The minimum atomic E-state index is -0.163. The van der Waals surface area contributed by atoms with Crippen molar-refractivity contribution in [3.63, 3.8) is 0 Å². The highest BCUT2D eigenvalue weighted by Gasteiger charge is 2.27. The predicted molar refractivity (Wildman–Crippen MR) is 90.8 cm³/mol. The topological polar surface area (TPSA) is 12.0 Å². The Morgan fingerprint density at radius 1 is 1.19 bits per heavy atom. The molecule has 2 atom stereocenters. The van der Waals surface area contributed by atoms with Gasteiger partial charge in [-0.25, -0.2) is 4.39 Å². The van der Waals surface area contributed by atoms with Crippen LogP contribution in [0.1, 0.15) is 58.4 Å². The summed E-state index contributed by atoms with van der Waals surface area (Å²) < 4.78 is 14.3. The molecule has 1 saturated carbocycles. The molecule has 0 spiro atoms. The van der Waals surface area contributed by atoms with Gasteiger partial charge in [0.05, 0.1) is 0 Å². The van der Waals surface area contributed by atoms with E-state index in [-0.39, 0.29) is 5.82 Å². The molecule has 0 amide bonds. The third-order valence-electron chi connectivity index (χ3n) is 4.78. The summed E-state index contributed by atoms with van der Waals surface area (Å²) in [6.45, 7) is 7.81. The average molecular weight is 356 g/mol. The molecule has 1 fully saturated rings. The molecule has 118 valence electrons. The first-order valence-corrected chi connectivity index (χ1v) is 8.83. The summed E-state index contributed by atoms with van der Waals surface area (Å²) in [5.74, 6) is 0.661. The van der Waals surface area contributed by atoms with Crippen LogP contribution in [-0.4, -0.2) is 6.04 Å². The number of benzene rings is 1. The van der Waals surface area contributed by atoms with Gasteiger partial charge in [-0.05, 0) is 60.8 Å². The van der Waals surface area contributed by atoms with Gasteiger partial charge in [-0.1, -0.05) is 43.1 Å². The quantitative estimate of drug-likeness (QED) is 0.688. The predicted octanol–water partition coefficient (Wildman–Crippen LogP) is 5.67. The standard InChI is InChI=1S/C18H27BrFN/c1-18(2,3)14-5-4-6-16(9-7-14)21-12-13-11-15(20)8-10-17(13)19/h8,10-11,14,16,21H,4-7,9,12H2,1-3H3. The van der Waals surface area contributed by atoms with Crippen molar-refractivity contribution < 1.29 is 4.39 Å². The highest BCUT2D eigenvalue weighted by molar-refractivity contribution is 9.10. The van der Waals surface area contributed by atoms with Gasteiger partial charge in [0.15, 0.2) is 0 Å². The molecule has 0 bridgehead atoms. The summed E-state index contributed by atoms with van der Waals surface area (Å²) in [6, 6.07) is 5.46. The van der Waals surface area contributed by atoms with Crippen LogP contribution in [0.25, 0.3) is 0 Å². The summed E-state index contributed by atoms with van der Waals surface area (Å²) in [6.07, 6.45) is 6.40. The third-order valence-corrected chi connectivity index (χ3v) is 5.56. The molecule has 0 saturated heterocycles. The van der Waals surface area contributed by atoms with E-state index in [9.17, 15) is 4.39 Å². The van der Waals surface area contributed by atoms with E-state index in [1.807, 2.05) is 0 Å². The Labute approximate surface area is 136 Å². The van der Waals surface area contributed by atoms with E-state index in [1.165, 1.54) is 38.2 Å². The number of hydrogen-bond acceptors (Lipinski definition) is 1. The van der Waals surface area contributed by atoms with Crippen molar-refractivity contribution in [3.8, 4) is 0 Å². The van der Waals surface area contributed by atoms with Gasteiger partial charge in [0.25, 0.3) is 0 Å². The zero-order valence-electron chi connectivity index (χ0n) is 13.4. The van der Waals surface area contributed by atoms with Crippen molar-refractivity contribution >= 4 is 15.9 Å². The maximum atomic E-state index is 13.3. The van der Waals surface area contributed by atoms with Crippen molar-refractivity contribution in [2.75, 3.05) is 0 Å². The Hall–Kier alpha value is -0.410. The molecule has 0 aromatic heterocycles. The summed E-state index contributed by atoms with van der Waals surface area (Å²) in [4.78, 5) is 0. The Bertz CT molecular complexity index is 467. The lowest BCUT2D eigenvalue weighted by Crippen LogP contribution is -2.28. The van der Waals surface area contributed by atoms with Gasteiger partial charge in [0.2, 0.25) is 0 Å². The van der Waals surface area contributed by atoms with Crippen molar-refractivity contribution in [1.82, 2.24) is 5.32 Å². The van der Waals surface area contributed by atoms with Crippen molar-refractivity contribution in [3.05, 3.63) is 34.1 Å². The molecule has 0 aliphatic heterocycles. The lowest BCUT2D eigenvalue weighted by Gasteiger charge is -2.29. The van der Waals surface area contributed by atoms with Gasteiger partial charge in [-0.15, -0.1) is 0 Å². The fourth-order valence-corrected chi connectivity index (χ4v) is 3.69. The SMILES string of the molecule is CC(C)(C)C1CCCC(NCc2cc(F)ccc2Br)CC1. The van der Waals surface area contributed by atoms with E-state index in [1.54, 1.807) is 12.1 Å². The van der Waals surface area contributed by atoms with Crippen molar-refractivity contribution in [2.45, 2.75) is 65.5 Å². The molecule has 0 heterocycles. The Morgan fingerprint density at radius 2 is 1.95 bits per heavy atom. The maximum Gasteiger partial charge on any atom is 0.123 e. The Kier molecular flexibility index (Phi) is 5.84. The molecular weight excluding hydrogens is 329 g/mol. The normalized spacial score (nSPS) is 23.9. The molecule has 1 aromatic carbocycles. The molecule has 2 unspecified atom stereocenters. The molecule has 1 N–H and O–H groups in total. The monoisotopic (exact) mass is 355 g/mol. The molecule has 1 aromatic rings. The molecule has 1 aliphatic rings. The van der Waals surface area contributed by atoms with Gasteiger partial charge in [0, 0.05) is 17.1 Å². The maximum absolute atomic E-state index is 13.3. The van der Waals surface area contributed by atoms with Gasteiger partial charge in [-0.3, -0.25) is 0 Å². The molecule has 0 radical (unpaired) electrons. The molecule has 2 rings (SSSR count). The Morgan fingerprint density at radius 3 is 2.67 bits per heavy atom. The molecule has 1 aliphatic carbocycles. The number of rotatable bonds is 3. The second kappa shape index (κ2) is 7.23. The van der Waals surface area contributed by atoms with Crippen LogP contribution in [0.15, 0.2) is 22.7 Å². The lowest BCUT2D eigenvalue weighted by atomic mass is 9.76. The zero-order chi connectivity index (χ0) is 15.5. The lowest BCUT2D eigenvalue weighted by molar-refractivity contribution is 0.213. The van der Waals surface area contributed by atoms with Crippen LogP contribution < -0.4 is 5.32 Å². The van der Waals surface area contributed by atoms with Crippen LogP contribution in [0.2, 0.25) is 0 Å². The fourth-order valence-electron chi connectivity index (χ4n) is 3.30. The first kappa shape index (κ1) is 17.0. The molecule has 21 heavy (non-hydrogen) atoms. The highest BCUT2D eigenvalue weighted by Crippen LogP contribution is 2.36. The van der Waals surface area contributed by atoms with Gasteiger partial charge in [-0.2, -0.15) is 0 Å². The van der Waals surface area contributed by atoms with Crippen LogP contribution in [0.5, 0.6) is 0 Å². The second-order valence-corrected chi connectivity index (χ2v) is 8.24. The molecule has 3 heteroatoms. The van der Waals surface area contributed by atoms with E-state index in [2.05, 4.69) is 42.0 Å². The summed E-state index contributed by atoms with van der Waals surface area (Å²) in [5, 5.41) is 3.62. The van der Waals surface area contributed by atoms with E-state index < -0.39 is 0 Å². The second-order valence-electron chi connectivity index (χ2n) is 7.38. The highest BCUT2D eigenvalue weighted by atomic mass is 79.9. The van der Waals surface area contributed by atoms with Crippen LogP contribution in [0.4, 0.5) is 4.39 Å². The molecule has 1 nitrogen and oxygen atoms in total. The van der Waals surface area contributed by atoms with Crippen LogP contribution >= 0.6 is 15.9 Å². The first-order chi connectivity index (χ1) is 9.86. The summed E-state index contributed by atoms with van der Waals surface area (Å²) >= 11 is 3.50. The molecular formula is C18H27BrFN. The summed E-state index contributed by atoms with van der Waals surface area (Å²) in [7, 11) is 0. The van der Waals surface area contributed by atoms with E-state index in [0.29, 0.717) is 11.5 Å². The first-order valence-electron chi connectivity index (χ1n) is 8.03. The minimum Gasteiger partial charge on any atom is -0.310 e. The van der Waals surface area contributed by atoms with E-state index in [4.69, 9.17) is 0 Å². The van der Waals surface area contributed by atoms with Crippen molar-refractivity contribution in [2.24, 2.45) is 11.3 Å². The largest absolute Gasteiger partial charge is 0.310 e. The van der Waals surface area contributed by atoms with Gasteiger partial charge >= 0.3 is 0 Å². The summed E-state index contributed by atoms with van der Waals surface area (Å²) in [5.41, 5.74) is 1.42. The van der Waals surface area contributed by atoms with Gasteiger partial charge < -0.3 is 5.32 Å². The zero-order valence-corrected chi connectivity index (χ0v) is 15.0. The van der Waals surface area contributed by atoms with Crippen LogP contribution in [-0.2, 0) is 6.54 Å². The smallest absolute Gasteiger partial charge is 0.123 e. The third kappa shape index (κ3) is 5.07. The van der Waals surface area contributed by atoms with Crippen LogP contribution in [0.3, 0.4) is 0 Å². The number of nitrogens with one attached hydrogen (secondary N) is 1. The van der Waals surface area contributed by atoms with E-state index in [0.717, 1.165) is 22.5 Å². The van der Waals surface area contributed by atoms with Crippen molar-refractivity contribution in [1.29, 1.82) is 0 Å².